The summed E-state index contributed by atoms with van der Waals surface area (Å²) in [7, 11) is 0. The van der Waals surface area contributed by atoms with Crippen LogP contribution in [0.1, 0.15) is 35.1 Å². The number of benzene rings is 1. The molecule has 1 unspecified atom stereocenters. The van der Waals surface area contributed by atoms with Gasteiger partial charge in [0.15, 0.2) is 0 Å². The maximum Gasteiger partial charge on any atom is 0.272 e. The smallest absolute Gasteiger partial charge is 0.272 e. The van der Waals surface area contributed by atoms with E-state index in [4.69, 9.17) is 4.52 Å². The molecule has 2 aromatic heterocycles. The molecule has 0 spiro atoms. The number of carbonyl (C=O) groups excluding carboxylic acids is 1. The molecule has 4 rings (SSSR count). The minimum atomic E-state index is -0.312. The summed E-state index contributed by atoms with van der Waals surface area (Å²) in [5.74, 6) is 0.510. The first kappa shape index (κ1) is 19.0. The predicted octanol–water partition coefficient (Wildman–Crippen LogP) is 3.71. The van der Waals surface area contributed by atoms with Crippen molar-refractivity contribution in [2.45, 2.75) is 18.8 Å². The van der Waals surface area contributed by atoms with Crippen LogP contribution in [0.5, 0.6) is 0 Å². The van der Waals surface area contributed by atoms with Gasteiger partial charge in [0.25, 0.3) is 5.91 Å². The lowest BCUT2D eigenvalue weighted by molar-refractivity contribution is 0.0689. The van der Waals surface area contributed by atoms with E-state index in [9.17, 15) is 9.18 Å². The van der Waals surface area contributed by atoms with E-state index in [0.717, 1.165) is 12.8 Å². The minimum Gasteiger partial charge on any atom is -0.339 e. The molecule has 1 amide bonds. The number of piperidine rings is 1. The van der Waals surface area contributed by atoms with Crippen LogP contribution in [0.3, 0.4) is 0 Å². The summed E-state index contributed by atoms with van der Waals surface area (Å²) in [6, 6.07) is 11.2. The van der Waals surface area contributed by atoms with Crippen molar-refractivity contribution in [3.05, 3.63) is 66.1 Å². The summed E-state index contributed by atoms with van der Waals surface area (Å²) in [5, 5.41) is 4.00. The fourth-order valence-corrected chi connectivity index (χ4v) is 3.13. The van der Waals surface area contributed by atoms with E-state index in [1.165, 1.54) is 12.1 Å². The molecular formula is C19H18ClFN4O2. The Morgan fingerprint density at radius 1 is 1.19 bits per heavy atom. The van der Waals surface area contributed by atoms with Crippen LogP contribution in [-0.2, 0) is 0 Å². The fraction of sp³-hybridized carbons (Fsp3) is 0.263. The van der Waals surface area contributed by atoms with Crippen LogP contribution in [0.25, 0.3) is 11.4 Å². The molecule has 1 atom stereocenters. The van der Waals surface area contributed by atoms with Crippen LogP contribution in [0.4, 0.5) is 4.39 Å². The number of halogens is 2. The number of hydrogen-bond donors (Lipinski definition) is 0. The Bertz CT molecular complexity index is 902. The highest BCUT2D eigenvalue weighted by Gasteiger charge is 2.29. The number of carbonyl (C=O) groups is 1. The molecule has 0 radical (unpaired) electrons. The van der Waals surface area contributed by atoms with Crippen molar-refractivity contribution in [3.8, 4) is 11.4 Å². The molecule has 27 heavy (non-hydrogen) atoms. The van der Waals surface area contributed by atoms with Crippen LogP contribution in [-0.4, -0.2) is 39.0 Å². The lowest BCUT2D eigenvalue weighted by atomic mass is 9.97. The standard InChI is InChI=1S/C19H17FN4O2.ClH/c20-15-8-6-13(7-9-15)17-22-18(26-23-17)14-4-3-11-24(12-14)19(25)16-5-1-2-10-21-16;/h1-2,5-10,14H,3-4,11-12H2;1H. The van der Waals surface area contributed by atoms with E-state index in [2.05, 4.69) is 15.1 Å². The van der Waals surface area contributed by atoms with E-state index >= 15 is 0 Å². The van der Waals surface area contributed by atoms with Crippen LogP contribution in [0.15, 0.2) is 53.2 Å². The molecule has 0 aliphatic carbocycles. The molecule has 1 saturated heterocycles. The van der Waals surface area contributed by atoms with Crippen molar-refractivity contribution in [1.82, 2.24) is 20.0 Å². The van der Waals surface area contributed by atoms with Crippen molar-refractivity contribution in [1.29, 1.82) is 0 Å². The zero-order chi connectivity index (χ0) is 17.9. The van der Waals surface area contributed by atoms with Gasteiger partial charge in [-0.3, -0.25) is 9.78 Å². The van der Waals surface area contributed by atoms with Gasteiger partial charge in [0.2, 0.25) is 11.7 Å². The molecule has 3 heterocycles. The molecule has 1 aromatic carbocycles. The van der Waals surface area contributed by atoms with E-state index in [1.807, 2.05) is 0 Å². The third kappa shape index (κ3) is 4.14. The summed E-state index contributed by atoms with van der Waals surface area (Å²) >= 11 is 0. The molecule has 0 saturated carbocycles. The number of rotatable bonds is 3. The van der Waals surface area contributed by atoms with Gasteiger partial charge in [0.1, 0.15) is 11.5 Å². The Morgan fingerprint density at radius 3 is 2.74 bits per heavy atom. The normalized spacial score (nSPS) is 16.6. The Balaban J connectivity index is 0.00000210. The fourth-order valence-electron chi connectivity index (χ4n) is 3.13. The first-order valence-corrected chi connectivity index (χ1v) is 8.50. The SMILES string of the molecule is Cl.O=C(c1ccccn1)N1CCCC(c2nc(-c3ccc(F)cc3)no2)C1. The molecule has 0 N–H and O–H groups in total. The first-order chi connectivity index (χ1) is 12.7. The van der Waals surface area contributed by atoms with Crippen LogP contribution in [0, 0.1) is 5.82 Å². The molecule has 8 heteroatoms. The van der Waals surface area contributed by atoms with Gasteiger partial charge in [-0.1, -0.05) is 11.2 Å². The number of likely N-dealkylation sites (tertiary alicyclic amines) is 1. The second kappa shape index (κ2) is 8.26. The summed E-state index contributed by atoms with van der Waals surface area (Å²) in [6.45, 7) is 1.20. The lowest BCUT2D eigenvalue weighted by Crippen LogP contribution is -2.39. The molecule has 1 fully saturated rings. The highest BCUT2D eigenvalue weighted by molar-refractivity contribution is 5.92. The Morgan fingerprint density at radius 2 is 2.00 bits per heavy atom. The predicted molar refractivity (Wildman–Crippen MR) is 99.1 cm³/mol. The van der Waals surface area contributed by atoms with Gasteiger partial charge in [0, 0.05) is 24.8 Å². The second-order valence-electron chi connectivity index (χ2n) is 6.27. The van der Waals surface area contributed by atoms with Crippen molar-refractivity contribution in [2.24, 2.45) is 0 Å². The van der Waals surface area contributed by atoms with Crippen LogP contribution >= 0.6 is 12.4 Å². The van der Waals surface area contributed by atoms with Gasteiger partial charge < -0.3 is 9.42 Å². The average molecular weight is 389 g/mol. The lowest BCUT2D eigenvalue weighted by Gasteiger charge is -2.30. The molecule has 1 aliphatic rings. The third-order valence-electron chi connectivity index (χ3n) is 4.49. The Kier molecular flexibility index (Phi) is 5.81. The molecule has 140 valence electrons. The van der Waals surface area contributed by atoms with E-state index in [1.54, 1.807) is 41.4 Å². The van der Waals surface area contributed by atoms with Crippen molar-refractivity contribution in [2.75, 3.05) is 13.1 Å². The van der Waals surface area contributed by atoms with Gasteiger partial charge in [0.05, 0.1) is 5.92 Å². The molecule has 0 bridgehead atoms. The summed E-state index contributed by atoms with van der Waals surface area (Å²) in [4.78, 5) is 22.9. The largest absolute Gasteiger partial charge is 0.339 e. The minimum absolute atomic E-state index is 0. The molecule has 1 aliphatic heterocycles. The number of hydrogen-bond acceptors (Lipinski definition) is 5. The van der Waals surface area contributed by atoms with Crippen molar-refractivity contribution >= 4 is 18.3 Å². The van der Waals surface area contributed by atoms with Crippen LogP contribution in [0.2, 0.25) is 0 Å². The third-order valence-corrected chi connectivity index (χ3v) is 4.49. The maximum atomic E-state index is 13.1. The summed E-state index contributed by atoms with van der Waals surface area (Å²) in [6.07, 6.45) is 3.34. The molecule has 6 nitrogen and oxygen atoms in total. The second-order valence-corrected chi connectivity index (χ2v) is 6.27. The number of pyridine rings is 1. The highest BCUT2D eigenvalue weighted by Crippen LogP contribution is 2.28. The average Bonchev–Trinajstić information content (AvgIpc) is 3.19. The van der Waals surface area contributed by atoms with E-state index in [-0.39, 0.29) is 30.0 Å². The quantitative estimate of drug-likeness (QED) is 0.683. The van der Waals surface area contributed by atoms with Gasteiger partial charge in [-0.25, -0.2) is 4.39 Å². The summed E-state index contributed by atoms with van der Waals surface area (Å²) < 4.78 is 18.5. The van der Waals surface area contributed by atoms with Gasteiger partial charge >= 0.3 is 0 Å². The number of amides is 1. The first-order valence-electron chi connectivity index (χ1n) is 8.50. The Hall–Kier alpha value is -2.80. The van der Waals surface area contributed by atoms with E-state index in [0.29, 0.717) is 36.1 Å². The zero-order valence-corrected chi connectivity index (χ0v) is 15.2. The topological polar surface area (TPSA) is 72.1 Å². The monoisotopic (exact) mass is 388 g/mol. The Labute approximate surface area is 161 Å². The number of nitrogens with zero attached hydrogens (tertiary/aromatic N) is 4. The van der Waals surface area contributed by atoms with Gasteiger partial charge in [-0.2, -0.15) is 4.98 Å². The maximum absolute atomic E-state index is 13.1. The number of aromatic nitrogens is 3. The molecular weight excluding hydrogens is 371 g/mol. The summed E-state index contributed by atoms with van der Waals surface area (Å²) in [5.41, 5.74) is 1.13. The molecule has 3 aromatic rings. The van der Waals surface area contributed by atoms with E-state index < -0.39 is 0 Å². The highest BCUT2D eigenvalue weighted by atomic mass is 35.5. The van der Waals surface area contributed by atoms with Crippen molar-refractivity contribution < 1.29 is 13.7 Å². The van der Waals surface area contributed by atoms with Gasteiger partial charge in [-0.05, 0) is 49.2 Å². The van der Waals surface area contributed by atoms with Crippen LogP contribution < -0.4 is 0 Å². The van der Waals surface area contributed by atoms with Gasteiger partial charge in [-0.15, -0.1) is 12.4 Å². The van der Waals surface area contributed by atoms with Crippen molar-refractivity contribution in [3.63, 3.8) is 0 Å². The zero-order valence-electron chi connectivity index (χ0n) is 14.4.